The summed E-state index contributed by atoms with van der Waals surface area (Å²) in [7, 11) is 0. The molecule has 0 bridgehead atoms. The molecule has 0 saturated heterocycles. The lowest BCUT2D eigenvalue weighted by atomic mass is 9.94. The number of carbonyl (C=O) groups is 2. The lowest BCUT2D eigenvalue weighted by Gasteiger charge is -2.23. The van der Waals surface area contributed by atoms with Crippen molar-refractivity contribution in [3.63, 3.8) is 0 Å². The molecule has 2 fully saturated rings. The molecular formula is C18H22BrNO3. The molecule has 2 unspecified atom stereocenters. The summed E-state index contributed by atoms with van der Waals surface area (Å²) in [6.45, 7) is 0. The number of carboxylic acids is 1. The molecule has 2 aliphatic carbocycles. The number of nitrogens with one attached hydrogen (secondary N) is 1. The van der Waals surface area contributed by atoms with E-state index in [0.29, 0.717) is 6.42 Å². The first-order chi connectivity index (χ1) is 11.1. The highest BCUT2D eigenvalue weighted by Gasteiger charge is 2.45. The van der Waals surface area contributed by atoms with Crippen molar-refractivity contribution < 1.29 is 14.7 Å². The average Bonchev–Trinajstić information content (AvgIpc) is 3.31. The first-order valence-corrected chi connectivity index (χ1v) is 9.14. The van der Waals surface area contributed by atoms with Crippen LogP contribution >= 0.6 is 15.9 Å². The number of carbonyl (C=O) groups excluding carboxylic acids is 1. The molecule has 3 rings (SSSR count). The maximum atomic E-state index is 12.5. The Morgan fingerprint density at radius 1 is 1.13 bits per heavy atom. The van der Waals surface area contributed by atoms with Gasteiger partial charge in [-0.25, -0.2) is 0 Å². The second kappa shape index (κ2) is 7.04. The van der Waals surface area contributed by atoms with Gasteiger partial charge >= 0.3 is 5.97 Å². The van der Waals surface area contributed by atoms with Gasteiger partial charge in [0, 0.05) is 16.4 Å². The van der Waals surface area contributed by atoms with Crippen LogP contribution in [0.1, 0.15) is 50.0 Å². The predicted molar refractivity (Wildman–Crippen MR) is 91.1 cm³/mol. The van der Waals surface area contributed by atoms with E-state index in [1.54, 1.807) is 0 Å². The van der Waals surface area contributed by atoms with E-state index in [0.717, 1.165) is 36.6 Å². The van der Waals surface area contributed by atoms with Crippen molar-refractivity contribution in [2.75, 3.05) is 0 Å². The monoisotopic (exact) mass is 379 g/mol. The lowest BCUT2D eigenvalue weighted by Crippen LogP contribution is -2.43. The standard InChI is InChI=1S/C18H22BrNO3/c19-12-6-4-5-11(9-12)14-10-15(14)17(21)20-16-8-3-1-2-7-13(16)18(22)23/h4-6,9,13-16H,1-3,7-8,10H2,(H,20,21)(H,22,23)/t13-,14?,15?,16+/m1/s1. The molecule has 1 amide bonds. The van der Waals surface area contributed by atoms with Crippen molar-refractivity contribution in [3.8, 4) is 0 Å². The van der Waals surface area contributed by atoms with Crippen LogP contribution in [0.15, 0.2) is 28.7 Å². The predicted octanol–water partition coefficient (Wildman–Crippen LogP) is 3.70. The molecule has 0 aromatic heterocycles. The van der Waals surface area contributed by atoms with E-state index < -0.39 is 11.9 Å². The molecule has 124 valence electrons. The molecule has 5 heteroatoms. The van der Waals surface area contributed by atoms with Gasteiger partial charge in [0.1, 0.15) is 0 Å². The topological polar surface area (TPSA) is 66.4 Å². The molecule has 2 saturated carbocycles. The van der Waals surface area contributed by atoms with Gasteiger partial charge in [-0.05, 0) is 42.9 Å². The average molecular weight is 380 g/mol. The number of hydrogen-bond donors (Lipinski definition) is 2. The molecule has 23 heavy (non-hydrogen) atoms. The maximum Gasteiger partial charge on any atom is 0.308 e. The van der Waals surface area contributed by atoms with E-state index in [1.807, 2.05) is 12.1 Å². The van der Waals surface area contributed by atoms with Crippen molar-refractivity contribution in [2.24, 2.45) is 11.8 Å². The van der Waals surface area contributed by atoms with E-state index in [1.165, 1.54) is 5.56 Å². The molecule has 0 radical (unpaired) electrons. The third-order valence-electron chi connectivity index (χ3n) is 5.06. The second-order valence-corrected chi connectivity index (χ2v) is 7.62. The zero-order valence-corrected chi connectivity index (χ0v) is 14.6. The SMILES string of the molecule is O=C(N[C@H]1CCCCC[C@H]1C(=O)O)C1CC1c1cccc(Br)c1. The van der Waals surface area contributed by atoms with Crippen LogP contribution in [0.2, 0.25) is 0 Å². The normalized spacial score (nSPS) is 30.3. The van der Waals surface area contributed by atoms with Crippen LogP contribution in [0.5, 0.6) is 0 Å². The summed E-state index contributed by atoms with van der Waals surface area (Å²) in [5.74, 6) is -0.947. The highest BCUT2D eigenvalue weighted by molar-refractivity contribution is 9.10. The number of carboxylic acid groups (broad SMARTS) is 1. The maximum absolute atomic E-state index is 12.5. The van der Waals surface area contributed by atoms with Gasteiger partial charge in [0.2, 0.25) is 5.91 Å². The Labute approximate surface area is 144 Å². The molecule has 0 aliphatic heterocycles. The Bertz CT molecular complexity index is 604. The summed E-state index contributed by atoms with van der Waals surface area (Å²) in [6.07, 6.45) is 5.28. The van der Waals surface area contributed by atoms with Gasteiger partial charge in [0.15, 0.2) is 0 Å². The number of benzene rings is 1. The highest BCUT2D eigenvalue weighted by atomic mass is 79.9. The summed E-state index contributed by atoms with van der Waals surface area (Å²) in [5.41, 5.74) is 1.18. The zero-order chi connectivity index (χ0) is 16.4. The molecule has 1 aromatic rings. The van der Waals surface area contributed by atoms with Crippen LogP contribution in [-0.2, 0) is 9.59 Å². The van der Waals surface area contributed by atoms with Gasteiger partial charge in [-0.2, -0.15) is 0 Å². The first kappa shape index (κ1) is 16.5. The zero-order valence-electron chi connectivity index (χ0n) is 13.0. The number of rotatable bonds is 4. The molecule has 2 aliphatic rings. The van der Waals surface area contributed by atoms with Crippen molar-refractivity contribution in [1.82, 2.24) is 5.32 Å². The Morgan fingerprint density at radius 3 is 2.65 bits per heavy atom. The Kier molecular flexibility index (Phi) is 5.05. The fourth-order valence-corrected chi connectivity index (χ4v) is 4.07. The number of amides is 1. The van der Waals surface area contributed by atoms with E-state index in [9.17, 15) is 14.7 Å². The molecule has 4 nitrogen and oxygen atoms in total. The van der Waals surface area contributed by atoms with Crippen LogP contribution in [0.3, 0.4) is 0 Å². The van der Waals surface area contributed by atoms with Gasteiger partial charge in [0.25, 0.3) is 0 Å². The Balaban J connectivity index is 1.62. The second-order valence-electron chi connectivity index (χ2n) is 6.70. The summed E-state index contributed by atoms with van der Waals surface area (Å²) in [4.78, 5) is 24.0. The molecule has 4 atom stereocenters. The van der Waals surface area contributed by atoms with Crippen molar-refractivity contribution in [1.29, 1.82) is 0 Å². The Morgan fingerprint density at radius 2 is 1.91 bits per heavy atom. The Hall–Kier alpha value is -1.36. The minimum Gasteiger partial charge on any atom is -0.481 e. The molecule has 0 spiro atoms. The number of aliphatic carboxylic acids is 1. The van der Waals surface area contributed by atoms with E-state index >= 15 is 0 Å². The molecule has 0 heterocycles. The minimum absolute atomic E-state index is 0.0120. The van der Waals surface area contributed by atoms with Crippen LogP contribution in [0.25, 0.3) is 0 Å². The largest absolute Gasteiger partial charge is 0.481 e. The summed E-state index contributed by atoms with van der Waals surface area (Å²) < 4.78 is 1.02. The van der Waals surface area contributed by atoms with Gasteiger partial charge in [-0.15, -0.1) is 0 Å². The van der Waals surface area contributed by atoms with Crippen LogP contribution in [-0.4, -0.2) is 23.0 Å². The van der Waals surface area contributed by atoms with E-state index in [4.69, 9.17) is 0 Å². The molecular weight excluding hydrogens is 358 g/mol. The van der Waals surface area contributed by atoms with Gasteiger partial charge in [0.05, 0.1) is 5.92 Å². The van der Waals surface area contributed by atoms with Gasteiger partial charge in [-0.3, -0.25) is 9.59 Å². The summed E-state index contributed by atoms with van der Waals surface area (Å²) in [5, 5.41) is 12.4. The third kappa shape index (κ3) is 3.94. The van der Waals surface area contributed by atoms with Crippen molar-refractivity contribution in [3.05, 3.63) is 34.3 Å². The molecule has 1 aromatic carbocycles. The number of halogens is 1. The fourth-order valence-electron chi connectivity index (χ4n) is 3.66. The smallest absolute Gasteiger partial charge is 0.308 e. The van der Waals surface area contributed by atoms with Crippen LogP contribution < -0.4 is 5.32 Å². The molecule has 2 N–H and O–H groups in total. The van der Waals surface area contributed by atoms with E-state index in [-0.39, 0.29) is 23.8 Å². The van der Waals surface area contributed by atoms with Gasteiger partial charge < -0.3 is 10.4 Å². The first-order valence-electron chi connectivity index (χ1n) is 8.35. The fraction of sp³-hybridized carbons (Fsp3) is 0.556. The van der Waals surface area contributed by atoms with E-state index in [2.05, 4.69) is 33.4 Å². The van der Waals surface area contributed by atoms with Crippen LogP contribution in [0, 0.1) is 11.8 Å². The van der Waals surface area contributed by atoms with Crippen molar-refractivity contribution >= 4 is 27.8 Å². The number of hydrogen-bond acceptors (Lipinski definition) is 2. The summed E-state index contributed by atoms with van der Waals surface area (Å²) in [6, 6.07) is 7.85. The minimum atomic E-state index is -0.781. The summed E-state index contributed by atoms with van der Waals surface area (Å²) >= 11 is 3.46. The van der Waals surface area contributed by atoms with Crippen molar-refractivity contribution in [2.45, 2.75) is 50.5 Å². The van der Waals surface area contributed by atoms with Gasteiger partial charge in [-0.1, -0.05) is 47.3 Å². The third-order valence-corrected chi connectivity index (χ3v) is 5.56. The lowest BCUT2D eigenvalue weighted by molar-refractivity contribution is -0.143. The van der Waals surface area contributed by atoms with Crippen LogP contribution in [0.4, 0.5) is 0 Å². The quantitative estimate of drug-likeness (QED) is 0.783. The highest BCUT2D eigenvalue weighted by Crippen LogP contribution is 2.48.